The third kappa shape index (κ3) is 3.31. The summed E-state index contributed by atoms with van der Waals surface area (Å²) in [6.07, 6.45) is 4.24. The van der Waals surface area contributed by atoms with Crippen LogP contribution in [-0.4, -0.2) is 50.7 Å². The average Bonchev–Trinajstić information content (AvgIpc) is 3.50. The second-order valence-corrected chi connectivity index (χ2v) is 8.07. The Labute approximate surface area is 179 Å². The summed E-state index contributed by atoms with van der Waals surface area (Å²) < 4.78 is 18.4. The van der Waals surface area contributed by atoms with E-state index < -0.39 is 5.82 Å². The number of likely N-dealkylation sites (tertiary alicyclic amines) is 1. The lowest BCUT2D eigenvalue weighted by atomic mass is 10.1. The maximum Gasteiger partial charge on any atom is 0.156 e. The van der Waals surface area contributed by atoms with Crippen molar-refractivity contribution in [3.63, 3.8) is 0 Å². The maximum absolute atomic E-state index is 14.3. The molecule has 0 bridgehead atoms. The van der Waals surface area contributed by atoms with Gasteiger partial charge >= 0.3 is 0 Å². The average molecular weight is 417 g/mol. The molecule has 1 fully saturated rings. The number of pyridine rings is 1. The van der Waals surface area contributed by atoms with Crippen LogP contribution in [0.5, 0.6) is 0 Å². The van der Waals surface area contributed by atoms with Gasteiger partial charge in [-0.25, -0.2) is 14.4 Å². The number of halogens is 1. The zero-order valence-electron chi connectivity index (χ0n) is 17.7. The fraction of sp³-hybridized carbons (Fsp3) is 0.348. The standard InChI is InChI=1S/C23H24FN7/c1-26-22-20-21(29(2)14-27-20)18-12-19(16-9-15(13-25)10-17(24)11-16)31(23(18)28-22)8-7-30-5-3-4-6-30/h9-12,14H,3-8H2,1-2H3,(H,26,28). The summed E-state index contributed by atoms with van der Waals surface area (Å²) in [5, 5.41) is 13.5. The third-order valence-electron chi connectivity index (χ3n) is 6.10. The molecule has 0 saturated carbocycles. The molecular formula is C23H24FN7. The molecular weight excluding hydrogens is 393 g/mol. The van der Waals surface area contributed by atoms with E-state index >= 15 is 0 Å². The predicted molar refractivity (Wildman–Crippen MR) is 119 cm³/mol. The molecule has 1 N–H and O–H groups in total. The van der Waals surface area contributed by atoms with E-state index in [0.29, 0.717) is 16.9 Å². The molecule has 0 spiro atoms. The van der Waals surface area contributed by atoms with Gasteiger partial charge in [-0.3, -0.25) is 0 Å². The van der Waals surface area contributed by atoms with Gasteiger partial charge in [0, 0.05) is 38.1 Å². The van der Waals surface area contributed by atoms with Crippen molar-refractivity contribution in [3.8, 4) is 17.3 Å². The van der Waals surface area contributed by atoms with E-state index in [1.54, 1.807) is 12.4 Å². The van der Waals surface area contributed by atoms with Gasteiger partial charge in [0.05, 0.1) is 29.2 Å². The molecule has 4 heterocycles. The number of rotatable bonds is 5. The first-order valence-corrected chi connectivity index (χ1v) is 10.5. The van der Waals surface area contributed by atoms with E-state index in [9.17, 15) is 9.65 Å². The summed E-state index contributed by atoms with van der Waals surface area (Å²) in [7, 11) is 3.80. The molecule has 158 valence electrons. The van der Waals surface area contributed by atoms with Gasteiger partial charge in [0.15, 0.2) is 5.82 Å². The molecule has 0 unspecified atom stereocenters. The Kier molecular flexibility index (Phi) is 4.83. The lowest BCUT2D eigenvalue weighted by Gasteiger charge is -2.17. The van der Waals surface area contributed by atoms with Crippen LogP contribution in [0.25, 0.3) is 33.3 Å². The van der Waals surface area contributed by atoms with Crippen molar-refractivity contribution in [2.75, 3.05) is 32.0 Å². The van der Waals surface area contributed by atoms with Crippen molar-refractivity contribution in [2.45, 2.75) is 19.4 Å². The Morgan fingerprint density at radius 2 is 1.97 bits per heavy atom. The van der Waals surface area contributed by atoms with Crippen molar-refractivity contribution < 1.29 is 4.39 Å². The summed E-state index contributed by atoms with van der Waals surface area (Å²) >= 11 is 0. The van der Waals surface area contributed by atoms with E-state index in [0.717, 1.165) is 53.9 Å². The van der Waals surface area contributed by atoms with Gasteiger partial charge in [-0.2, -0.15) is 5.26 Å². The van der Waals surface area contributed by atoms with E-state index in [4.69, 9.17) is 4.98 Å². The van der Waals surface area contributed by atoms with Gasteiger partial charge in [-0.05, 0) is 50.2 Å². The molecule has 0 amide bonds. The zero-order chi connectivity index (χ0) is 21.5. The van der Waals surface area contributed by atoms with Gasteiger partial charge in [0.2, 0.25) is 0 Å². The van der Waals surface area contributed by atoms with E-state index in [1.165, 1.54) is 25.0 Å². The molecule has 3 aromatic heterocycles. The van der Waals surface area contributed by atoms with Gasteiger partial charge in [-0.15, -0.1) is 0 Å². The highest BCUT2D eigenvalue weighted by molar-refractivity contribution is 6.07. The summed E-state index contributed by atoms with van der Waals surface area (Å²) in [6, 6.07) is 8.60. The summed E-state index contributed by atoms with van der Waals surface area (Å²) in [4.78, 5) is 11.9. The number of imidazole rings is 1. The van der Waals surface area contributed by atoms with Gasteiger partial charge in [-0.1, -0.05) is 0 Å². The van der Waals surface area contributed by atoms with E-state index in [1.807, 2.05) is 24.7 Å². The molecule has 7 nitrogen and oxygen atoms in total. The predicted octanol–water partition coefficient (Wildman–Crippen LogP) is 3.74. The molecule has 0 atom stereocenters. The Hall–Kier alpha value is -3.44. The van der Waals surface area contributed by atoms with Crippen LogP contribution in [-0.2, 0) is 13.6 Å². The van der Waals surface area contributed by atoms with Crippen LogP contribution in [0.1, 0.15) is 18.4 Å². The number of hydrogen-bond acceptors (Lipinski definition) is 5. The number of nitrogens with one attached hydrogen (secondary N) is 1. The topological polar surface area (TPSA) is 74.7 Å². The molecule has 1 aromatic carbocycles. The lowest BCUT2D eigenvalue weighted by Crippen LogP contribution is -2.24. The molecule has 4 aromatic rings. The molecule has 8 heteroatoms. The van der Waals surface area contributed by atoms with Crippen molar-refractivity contribution in [1.29, 1.82) is 5.26 Å². The second-order valence-electron chi connectivity index (χ2n) is 8.07. The Bertz CT molecular complexity index is 1320. The Morgan fingerprint density at radius 1 is 1.16 bits per heavy atom. The monoisotopic (exact) mass is 417 g/mol. The number of aryl methyl sites for hydroxylation is 1. The highest BCUT2D eigenvalue weighted by Gasteiger charge is 2.21. The first-order valence-electron chi connectivity index (χ1n) is 10.5. The number of fused-ring (bicyclic) bond motifs is 3. The van der Waals surface area contributed by atoms with Crippen LogP contribution in [0.3, 0.4) is 0 Å². The maximum atomic E-state index is 14.3. The first kappa shape index (κ1) is 19.5. The number of aromatic nitrogens is 4. The molecule has 1 saturated heterocycles. The second kappa shape index (κ2) is 7.67. The largest absolute Gasteiger partial charge is 0.371 e. The SMILES string of the molecule is CNc1nc2c(cc(-c3cc(F)cc(C#N)c3)n2CCN2CCCC2)c2c1ncn2C. The van der Waals surface area contributed by atoms with Crippen LogP contribution in [0, 0.1) is 17.1 Å². The van der Waals surface area contributed by atoms with Crippen molar-refractivity contribution in [3.05, 3.63) is 42.0 Å². The quantitative estimate of drug-likeness (QED) is 0.535. The van der Waals surface area contributed by atoms with Crippen LogP contribution < -0.4 is 5.32 Å². The minimum Gasteiger partial charge on any atom is -0.371 e. The summed E-state index contributed by atoms with van der Waals surface area (Å²) in [6.45, 7) is 3.84. The normalized spacial score (nSPS) is 14.5. The Balaban J connectivity index is 1.75. The number of nitriles is 1. The minimum absolute atomic E-state index is 0.306. The molecule has 1 aliphatic rings. The highest BCUT2D eigenvalue weighted by Crippen LogP contribution is 2.35. The van der Waals surface area contributed by atoms with Crippen molar-refractivity contribution >= 4 is 27.9 Å². The van der Waals surface area contributed by atoms with Gasteiger partial charge < -0.3 is 19.4 Å². The van der Waals surface area contributed by atoms with Crippen LogP contribution in [0.15, 0.2) is 30.6 Å². The molecule has 1 aliphatic heterocycles. The van der Waals surface area contributed by atoms with Crippen LogP contribution >= 0.6 is 0 Å². The molecule has 31 heavy (non-hydrogen) atoms. The summed E-state index contributed by atoms with van der Waals surface area (Å²) in [5.74, 6) is 0.298. The first-order chi connectivity index (χ1) is 15.1. The molecule has 5 rings (SSSR count). The number of anilines is 1. The van der Waals surface area contributed by atoms with E-state index in [2.05, 4.69) is 25.8 Å². The van der Waals surface area contributed by atoms with Gasteiger partial charge in [0.25, 0.3) is 0 Å². The number of hydrogen-bond donors (Lipinski definition) is 1. The fourth-order valence-electron chi connectivity index (χ4n) is 4.60. The molecule has 0 aliphatic carbocycles. The zero-order valence-corrected chi connectivity index (χ0v) is 17.7. The number of nitrogens with zero attached hydrogens (tertiary/aromatic N) is 6. The van der Waals surface area contributed by atoms with Crippen LogP contribution in [0.4, 0.5) is 10.2 Å². The molecule has 0 radical (unpaired) electrons. The van der Waals surface area contributed by atoms with Crippen molar-refractivity contribution in [2.24, 2.45) is 7.05 Å². The Morgan fingerprint density at radius 3 is 2.71 bits per heavy atom. The lowest BCUT2D eigenvalue weighted by molar-refractivity contribution is 0.325. The van der Waals surface area contributed by atoms with Crippen LogP contribution in [0.2, 0.25) is 0 Å². The summed E-state index contributed by atoms with van der Waals surface area (Å²) in [5.41, 5.74) is 4.45. The smallest absolute Gasteiger partial charge is 0.156 e. The third-order valence-corrected chi connectivity index (χ3v) is 6.10. The number of benzene rings is 1. The fourth-order valence-corrected chi connectivity index (χ4v) is 4.60. The minimum atomic E-state index is -0.417. The highest BCUT2D eigenvalue weighted by atomic mass is 19.1. The van der Waals surface area contributed by atoms with E-state index in [-0.39, 0.29) is 0 Å². The van der Waals surface area contributed by atoms with Crippen molar-refractivity contribution in [1.82, 2.24) is 24.0 Å². The van der Waals surface area contributed by atoms with Gasteiger partial charge in [0.1, 0.15) is 17.0 Å².